The number of rotatable bonds is 4. The number of aliphatic hydroxyl groups is 1. The zero-order valence-electron chi connectivity index (χ0n) is 10.2. The number of aliphatic hydroxyl groups excluding tert-OH is 1. The van der Waals surface area contributed by atoms with Crippen LogP contribution < -0.4 is 5.32 Å². The van der Waals surface area contributed by atoms with Crippen molar-refractivity contribution in [3.05, 3.63) is 61.5 Å². The van der Waals surface area contributed by atoms with Crippen molar-refractivity contribution < 1.29 is 5.11 Å². The van der Waals surface area contributed by atoms with Gasteiger partial charge in [0.1, 0.15) is 0 Å². The zero-order chi connectivity index (χ0) is 14.7. The summed E-state index contributed by atoms with van der Waals surface area (Å²) in [5.74, 6) is 0. The van der Waals surface area contributed by atoms with E-state index in [0.29, 0.717) is 27.2 Å². The highest BCUT2D eigenvalue weighted by atomic mass is 79.9. The maximum atomic E-state index is 10.2. The lowest BCUT2D eigenvalue weighted by molar-refractivity contribution is 0.191. The molecule has 1 unspecified atom stereocenters. The van der Waals surface area contributed by atoms with E-state index in [2.05, 4.69) is 21.2 Å². The Balaban J connectivity index is 2.08. The molecule has 0 aliphatic heterocycles. The molecule has 1 atom stereocenters. The molecule has 0 saturated carbocycles. The van der Waals surface area contributed by atoms with Crippen LogP contribution in [0.1, 0.15) is 11.7 Å². The van der Waals surface area contributed by atoms with Crippen LogP contribution >= 0.6 is 50.7 Å². The second kappa shape index (κ2) is 7.01. The van der Waals surface area contributed by atoms with Crippen LogP contribution in [0, 0.1) is 0 Å². The van der Waals surface area contributed by atoms with E-state index in [1.54, 1.807) is 30.3 Å². The van der Waals surface area contributed by atoms with Gasteiger partial charge in [-0.1, -0.05) is 34.8 Å². The normalized spacial score (nSPS) is 12.2. The molecule has 0 fully saturated rings. The Morgan fingerprint density at radius 3 is 2.40 bits per heavy atom. The molecule has 106 valence electrons. The third kappa shape index (κ3) is 4.03. The van der Waals surface area contributed by atoms with Gasteiger partial charge in [-0.3, -0.25) is 0 Å². The van der Waals surface area contributed by atoms with Crippen LogP contribution in [0.15, 0.2) is 40.9 Å². The molecule has 2 N–H and O–H groups in total. The minimum atomic E-state index is -0.760. The lowest BCUT2D eigenvalue weighted by Gasteiger charge is -2.15. The fourth-order valence-corrected chi connectivity index (χ4v) is 2.97. The minimum absolute atomic E-state index is 0.306. The molecule has 0 radical (unpaired) electrons. The van der Waals surface area contributed by atoms with Crippen molar-refractivity contribution >= 4 is 56.4 Å². The van der Waals surface area contributed by atoms with Crippen molar-refractivity contribution in [1.82, 2.24) is 0 Å². The minimum Gasteiger partial charge on any atom is -0.387 e. The highest BCUT2D eigenvalue weighted by Crippen LogP contribution is 2.29. The summed E-state index contributed by atoms with van der Waals surface area (Å²) in [5.41, 5.74) is 1.43. The summed E-state index contributed by atoms with van der Waals surface area (Å²) in [6.07, 6.45) is -0.760. The van der Waals surface area contributed by atoms with Gasteiger partial charge in [-0.15, -0.1) is 0 Å². The predicted octanol–water partition coefficient (Wildman–Crippen LogP) is 5.55. The van der Waals surface area contributed by atoms with Crippen molar-refractivity contribution in [2.75, 3.05) is 11.9 Å². The third-order valence-corrected chi connectivity index (χ3v) is 4.20. The van der Waals surface area contributed by atoms with Gasteiger partial charge in [-0.05, 0) is 52.3 Å². The highest BCUT2D eigenvalue weighted by Gasteiger charge is 2.12. The first-order valence-corrected chi connectivity index (χ1v) is 7.72. The summed E-state index contributed by atoms with van der Waals surface area (Å²) in [6.45, 7) is 0.306. The monoisotopic (exact) mass is 393 g/mol. The van der Waals surface area contributed by atoms with E-state index < -0.39 is 6.10 Å². The van der Waals surface area contributed by atoms with Crippen LogP contribution in [-0.2, 0) is 0 Å². The first kappa shape index (κ1) is 15.9. The summed E-state index contributed by atoms with van der Waals surface area (Å²) in [4.78, 5) is 0. The van der Waals surface area contributed by atoms with E-state index >= 15 is 0 Å². The van der Waals surface area contributed by atoms with Gasteiger partial charge in [0, 0.05) is 37.3 Å². The summed E-state index contributed by atoms with van der Waals surface area (Å²) in [7, 11) is 0. The Morgan fingerprint density at radius 2 is 1.70 bits per heavy atom. The van der Waals surface area contributed by atoms with Crippen molar-refractivity contribution in [3.8, 4) is 0 Å². The number of halogens is 4. The molecular weight excluding hydrogens is 384 g/mol. The van der Waals surface area contributed by atoms with E-state index in [1.807, 2.05) is 6.07 Å². The van der Waals surface area contributed by atoms with Gasteiger partial charge in [-0.2, -0.15) is 0 Å². The van der Waals surface area contributed by atoms with Crippen LogP contribution in [0.2, 0.25) is 15.1 Å². The molecule has 2 nitrogen and oxygen atoms in total. The average molecular weight is 396 g/mol. The first-order valence-electron chi connectivity index (χ1n) is 5.79. The van der Waals surface area contributed by atoms with Crippen LogP contribution in [-0.4, -0.2) is 11.7 Å². The Labute approximate surface area is 140 Å². The molecule has 0 saturated heterocycles. The predicted molar refractivity (Wildman–Crippen MR) is 89.1 cm³/mol. The molecule has 2 aromatic rings. The molecule has 0 bridgehead atoms. The Kier molecular flexibility index (Phi) is 5.58. The summed E-state index contributed by atoms with van der Waals surface area (Å²) in [6, 6.07) is 10.4. The summed E-state index contributed by atoms with van der Waals surface area (Å²) >= 11 is 21.2. The quantitative estimate of drug-likeness (QED) is 0.711. The number of nitrogens with one attached hydrogen (secondary N) is 1. The third-order valence-electron chi connectivity index (χ3n) is 2.73. The van der Waals surface area contributed by atoms with Crippen LogP contribution in [0.25, 0.3) is 0 Å². The second-order valence-electron chi connectivity index (χ2n) is 4.19. The number of anilines is 1. The van der Waals surface area contributed by atoms with E-state index in [1.165, 1.54) is 0 Å². The van der Waals surface area contributed by atoms with Crippen LogP contribution in [0.3, 0.4) is 0 Å². The Bertz CT molecular complexity index is 621. The lowest BCUT2D eigenvalue weighted by atomic mass is 10.1. The largest absolute Gasteiger partial charge is 0.387 e. The Morgan fingerprint density at radius 1 is 1.05 bits per heavy atom. The molecule has 0 spiro atoms. The number of benzene rings is 2. The molecule has 6 heteroatoms. The fourth-order valence-electron chi connectivity index (χ4n) is 1.72. The number of hydrogen-bond acceptors (Lipinski definition) is 2. The molecule has 0 amide bonds. The average Bonchev–Trinajstić information content (AvgIpc) is 2.40. The molecule has 20 heavy (non-hydrogen) atoms. The fraction of sp³-hybridized carbons (Fsp3) is 0.143. The second-order valence-corrected chi connectivity index (χ2v) is 6.32. The summed E-state index contributed by atoms with van der Waals surface area (Å²) in [5, 5.41) is 15.0. The van der Waals surface area contributed by atoms with Crippen LogP contribution in [0.5, 0.6) is 0 Å². The van der Waals surface area contributed by atoms with Gasteiger partial charge in [0.15, 0.2) is 0 Å². The molecule has 0 aliphatic rings. The van der Waals surface area contributed by atoms with Gasteiger partial charge >= 0.3 is 0 Å². The molecule has 2 aromatic carbocycles. The Hall–Kier alpha value is -0.450. The van der Waals surface area contributed by atoms with Gasteiger partial charge in [-0.25, -0.2) is 0 Å². The van der Waals surface area contributed by atoms with Gasteiger partial charge in [0.05, 0.1) is 6.10 Å². The lowest BCUT2D eigenvalue weighted by Crippen LogP contribution is -2.12. The van der Waals surface area contributed by atoms with E-state index in [4.69, 9.17) is 34.8 Å². The maximum absolute atomic E-state index is 10.2. The molecule has 2 rings (SSSR count). The first-order chi connectivity index (χ1) is 9.47. The zero-order valence-corrected chi connectivity index (χ0v) is 14.1. The smallest absolute Gasteiger partial charge is 0.0977 e. The van der Waals surface area contributed by atoms with Gasteiger partial charge < -0.3 is 10.4 Å². The van der Waals surface area contributed by atoms with E-state index in [9.17, 15) is 5.11 Å². The molecular formula is C14H11BrCl3NO. The standard InChI is InChI=1S/C14H11BrCl3NO/c15-11-6-9(17)2-4-13(11)19-7-14(20)10-5-8(16)1-3-12(10)18/h1-6,14,19-20H,7H2. The molecule has 0 aliphatic carbocycles. The topological polar surface area (TPSA) is 32.3 Å². The van der Waals surface area contributed by atoms with E-state index in [0.717, 1.165) is 10.2 Å². The van der Waals surface area contributed by atoms with Crippen LogP contribution in [0.4, 0.5) is 5.69 Å². The van der Waals surface area contributed by atoms with Crippen molar-refractivity contribution in [1.29, 1.82) is 0 Å². The maximum Gasteiger partial charge on any atom is 0.0977 e. The molecule has 0 heterocycles. The van der Waals surface area contributed by atoms with Crippen molar-refractivity contribution in [3.63, 3.8) is 0 Å². The van der Waals surface area contributed by atoms with Gasteiger partial charge in [0.25, 0.3) is 0 Å². The van der Waals surface area contributed by atoms with E-state index in [-0.39, 0.29) is 0 Å². The van der Waals surface area contributed by atoms with Gasteiger partial charge in [0.2, 0.25) is 0 Å². The van der Waals surface area contributed by atoms with Crippen molar-refractivity contribution in [2.45, 2.75) is 6.10 Å². The SMILES string of the molecule is OC(CNc1ccc(Cl)cc1Br)c1cc(Cl)ccc1Cl. The summed E-state index contributed by atoms with van der Waals surface area (Å²) < 4.78 is 0.828. The number of hydrogen-bond donors (Lipinski definition) is 2. The highest BCUT2D eigenvalue weighted by molar-refractivity contribution is 9.10. The molecule has 0 aromatic heterocycles. The van der Waals surface area contributed by atoms with Crippen molar-refractivity contribution in [2.24, 2.45) is 0 Å².